The second-order valence-corrected chi connectivity index (χ2v) is 6.98. The van der Waals surface area contributed by atoms with Crippen LogP contribution in [-0.4, -0.2) is 10.1 Å². The van der Waals surface area contributed by atoms with Crippen molar-refractivity contribution >= 4 is 17.0 Å². The molecule has 2 aromatic carbocycles. The molecule has 4 rings (SSSR count). The van der Waals surface area contributed by atoms with Crippen molar-refractivity contribution in [3.63, 3.8) is 0 Å². The van der Waals surface area contributed by atoms with Crippen molar-refractivity contribution in [3.05, 3.63) is 96.6 Å². The van der Waals surface area contributed by atoms with Crippen molar-refractivity contribution in [1.82, 2.24) is 4.98 Å². The summed E-state index contributed by atoms with van der Waals surface area (Å²) in [5.41, 5.74) is 3.51. The van der Waals surface area contributed by atoms with Gasteiger partial charge in [0.25, 0.3) is 0 Å². The van der Waals surface area contributed by atoms with Crippen LogP contribution in [-0.2, 0) is 5.60 Å². The Morgan fingerprint density at radius 1 is 1.07 bits per heavy atom. The van der Waals surface area contributed by atoms with E-state index in [1.165, 1.54) is 0 Å². The van der Waals surface area contributed by atoms with Crippen molar-refractivity contribution in [2.75, 3.05) is 0 Å². The van der Waals surface area contributed by atoms with Gasteiger partial charge < -0.3 is 9.52 Å². The van der Waals surface area contributed by atoms with Crippen molar-refractivity contribution in [3.8, 4) is 11.1 Å². The van der Waals surface area contributed by atoms with Crippen LogP contribution in [0.2, 0.25) is 0 Å². The number of benzene rings is 2. The lowest BCUT2D eigenvalue weighted by Gasteiger charge is -2.27. The highest BCUT2D eigenvalue weighted by Gasteiger charge is 2.33. The van der Waals surface area contributed by atoms with Gasteiger partial charge in [0.15, 0.2) is 0 Å². The predicted molar refractivity (Wildman–Crippen MR) is 114 cm³/mol. The molecular formula is C25H23NO2. The summed E-state index contributed by atoms with van der Waals surface area (Å²) in [5.74, 6) is 0.561. The molecule has 0 aliphatic heterocycles. The summed E-state index contributed by atoms with van der Waals surface area (Å²) >= 11 is 0. The number of aromatic nitrogens is 1. The quantitative estimate of drug-likeness (QED) is 0.442. The predicted octanol–water partition coefficient (Wildman–Crippen LogP) is 6.17. The van der Waals surface area contributed by atoms with Crippen molar-refractivity contribution in [1.29, 1.82) is 0 Å². The van der Waals surface area contributed by atoms with E-state index in [-0.39, 0.29) is 0 Å². The van der Waals surface area contributed by atoms with Crippen LogP contribution in [0.5, 0.6) is 0 Å². The number of rotatable bonds is 6. The molecule has 0 saturated carbocycles. The number of furan rings is 1. The molecule has 0 spiro atoms. The maximum absolute atomic E-state index is 11.5. The van der Waals surface area contributed by atoms with Crippen molar-refractivity contribution < 1.29 is 9.52 Å². The van der Waals surface area contributed by atoms with Crippen LogP contribution in [0.3, 0.4) is 0 Å². The number of hydrogen-bond acceptors (Lipinski definition) is 3. The third-order valence-electron chi connectivity index (χ3n) is 5.14. The summed E-state index contributed by atoms with van der Waals surface area (Å²) in [4.78, 5) is 4.69. The van der Waals surface area contributed by atoms with E-state index in [1.807, 2.05) is 54.6 Å². The Kier molecular flexibility index (Phi) is 4.84. The van der Waals surface area contributed by atoms with E-state index in [9.17, 15) is 5.11 Å². The molecule has 0 bridgehead atoms. The van der Waals surface area contributed by atoms with Crippen LogP contribution in [0.25, 0.3) is 28.1 Å². The van der Waals surface area contributed by atoms with Gasteiger partial charge >= 0.3 is 0 Å². The van der Waals surface area contributed by atoms with E-state index in [4.69, 9.17) is 4.42 Å². The van der Waals surface area contributed by atoms with Crippen molar-refractivity contribution in [2.24, 2.45) is 0 Å². The van der Waals surface area contributed by atoms with Crippen LogP contribution in [0.4, 0.5) is 0 Å². The van der Waals surface area contributed by atoms with Crippen LogP contribution in [0, 0.1) is 0 Å². The SMILES string of the molecule is C=Cc1cc(-c2ccccc2)c2cc(C(O)(CCC)c3ccco3)ccc2n1. The molecule has 0 aliphatic carbocycles. The van der Waals surface area contributed by atoms with Gasteiger partial charge in [-0.25, -0.2) is 4.98 Å². The Morgan fingerprint density at radius 3 is 2.57 bits per heavy atom. The molecule has 2 heterocycles. The molecule has 0 amide bonds. The first-order valence-corrected chi connectivity index (χ1v) is 9.55. The van der Waals surface area contributed by atoms with E-state index in [0.717, 1.165) is 39.7 Å². The van der Waals surface area contributed by atoms with Gasteiger partial charge in [0, 0.05) is 5.39 Å². The van der Waals surface area contributed by atoms with Crippen LogP contribution in [0.1, 0.15) is 36.8 Å². The third kappa shape index (κ3) is 3.14. The normalized spacial score (nSPS) is 13.4. The number of pyridine rings is 1. The molecule has 4 aromatic rings. The van der Waals surface area contributed by atoms with Gasteiger partial charge in [0.2, 0.25) is 0 Å². The monoisotopic (exact) mass is 369 g/mol. The minimum Gasteiger partial charge on any atom is -0.466 e. The Balaban J connectivity index is 1.97. The highest BCUT2D eigenvalue weighted by molar-refractivity contribution is 5.96. The van der Waals surface area contributed by atoms with Gasteiger partial charge in [-0.1, -0.05) is 56.3 Å². The largest absolute Gasteiger partial charge is 0.466 e. The average molecular weight is 369 g/mol. The van der Waals surface area contributed by atoms with E-state index in [1.54, 1.807) is 12.3 Å². The molecule has 3 nitrogen and oxygen atoms in total. The molecule has 0 fully saturated rings. The fourth-order valence-corrected chi connectivity index (χ4v) is 3.75. The summed E-state index contributed by atoms with van der Waals surface area (Å²) in [6, 6.07) is 21.8. The molecule has 3 heteroatoms. The molecule has 1 N–H and O–H groups in total. The molecule has 0 radical (unpaired) electrons. The summed E-state index contributed by atoms with van der Waals surface area (Å²) in [5, 5.41) is 12.5. The minimum atomic E-state index is -1.17. The molecule has 0 aliphatic rings. The standard InChI is InChI=1S/C25H23NO2/c1-3-14-25(27,24-11-8-15-28-24)19-12-13-23-22(16-19)21(17-20(4-2)26-23)18-9-6-5-7-10-18/h4-13,15-17,27H,2-3,14H2,1H3. The topological polar surface area (TPSA) is 46.3 Å². The van der Waals surface area contributed by atoms with Gasteiger partial charge in [-0.05, 0) is 59.5 Å². The fraction of sp³-hybridized carbons (Fsp3) is 0.160. The Bertz CT molecular complexity index is 1100. The average Bonchev–Trinajstić information content (AvgIpc) is 3.29. The van der Waals surface area contributed by atoms with Gasteiger partial charge in [0.05, 0.1) is 17.5 Å². The zero-order chi connectivity index (χ0) is 19.6. The van der Waals surface area contributed by atoms with E-state index < -0.39 is 5.60 Å². The molecule has 0 saturated heterocycles. The zero-order valence-corrected chi connectivity index (χ0v) is 15.9. The van der Waals surface area contributed by atoms with E-state index in [0.29, 0.717) is 12.2 Å². The zero-order valence-electron chi connectivity index (χ0n) is 15.9. The van der Waals surface area contributed by atoms with Gasteiger partial charge in [-0.2, -0.15) is 0 Å². The van der Waals surface area contributed by atoms with Gasteiger partial charge in [-0.15, -0.1) is 0 Å². The first-order chi connectivity index (χ1) is 13.7. The molecule has 1 unspecified atom stereocenters. The summed E-state index contributed by atoms with van der Waals surface area (Å²) < 4.78 is 5.59. The van der Waals surface area contributed by atoms with Crippen LogP contribution in [0.15, 0.2) is 84.0 Å². The first kappa shape index (κ1) is 18.2. The fourth-order valence-electron chi connectivity index (χ4n) is 3.75. The van der Waals surface area contributed by atoms with Crippen LogP contribution >= 0.6 is 0 Å². The molecular weight excluding hydrogens is 346 g/mol. The second kappa shape index (κ2) is 7.45. The lowest BCUT2D eigenvalue weighted by atomic mass is 9.85. The maximum atomic E-state index is 11.5. The Morgan fingerprint density at radius 2 is 1.89 bits per heavy atom. The molecule has 1 atom stereocenters. The lowest BCUT2D eigenvalue weighted by Crippen LogP contribution is -2.26. The Hall–Kier alpha value is -3.17. The van der Waals surface area contributed by atoms with Gasteiger partial charge in [-0.3, -0.25) is 0 Å². The van der Waals surface area contributed by atoms with E-state index >= 15 is 0 Å². The Labute approximate surface area is 165 Å². The summed E-state index contributed by atoms with van der Waals surface area (Å²) in [6.45, 7) is 5.93. The molecule has 28 heavy (non-hydrogen) atoms. The van der Waals surface area contributed by atoms with E-state index in [2.05, 4.69) is 30.6 Å². The summed E-state index contributed by atoms with van der Waals surface area (Å²) in [7, 11) is 0. The second-order valence-electron chi connectivity index (χ2n) is 6.98. The van der Waals surface area contributed by atoms with Crippen molar-refractivity contribution in [2.45, 2.75) is 25.4 Å². The van der Waals surface area contributed by atoms with Gasteiger partial charge in [0.1, 0.15) is 11.4 Å². The number of fused-ring (bicyclic) bond motifs is 1. The maximum Gasteiger partial charge on any atom is 0.147 e. The summed E-state index contributed by atoms with van der Waals surface area (Å²) in [6.07, 6.45) is 4.76. The molecule has 2 aromatic heterocycles. The third-order valence-corrected chi connectivity index (χ3v) is 5.14. The highest BCUT2D eigenvalue weighted by atomic mass is 16.4. The highest BCUT2D eigenvalue weighted by Crippen LogP contribution is 2.38. The number of nitrogens with zero attached hydrogens (tertiary/aromatic N) is 1. The molecule has 140 valence electrons. The smallest absolute Gasteiger partial charge is 0.147 e. The minimum absolute atomic E-state index is 0.561. The van der Waals surface area contributed by atoms with Crippen LogP contribution < -0.4 is 0 Å². The number of aliphatic hydroxyl groups is 1. The first-order valence-electron chi connectivity index (χ1n) is 9.55. The number of hydrogen-bond donors (Lipinski definition) is 1. The lowest BCUT2D eigenvalue weighted by molar-refractivity contribution is 0.0470.